The van der Waals surface area contributed by atoms with Gasteiger partial charge in [-0.15, -0.1) is 0 Å². The predicted molar refractivity (Wildman–Crippen MR) is 70.2 cm³/mol. The van der Waals surface area contributed by atoms with Crippen LogP contribution in [0.3, 0.4) is 0 Å². The summed E-state index contributed by atoms with van der Waals surface area (Å²) < 4.78 is 0. The van der Waals surface area contributed by atoms with E-state index in [-0.39, 0.29) is 11.8 Å². The molecule has 0 saturated carbocycles. The van der Waals surface area contributed by atoms with Crippen LogP contribution in [0.1, 0.15) is 51.4 Å². The monoisotopic (exact) mass is 250 g/mol. The van der Waals surface area contributed by atoms with Crippen LogP contribution in [0, 0.1) is 11.8 Å². The maximum atomic E-state index is 10.9. The van der Waals surface area contributed by atoms with Crippen molar-refractivity contribution in [3.8, 4) is 0 Å². The molecule has 3 nitrogen and oxygen atoms in total. The molecule has 0 N–H and O–H groups in total. The van der Waals surface area contributed by atoms with E-state index in [2.05, 4.69) is 0 Å². The summed E-state index contributed by atoms with van der Waals surface area (Å²) in [6.07, 6.45) is 11.7. The first-order valence-electron chi connectivity index (χ1n) is 6.85. The molecule has 0 bridgehead atoms. The van der Waals surface area contributed by atoms with Gasteiger partial charge in [-0.1, -0.05) is 18.9 Å². The van der Waals surface area contributed by atoms with Gasteiger partial charge in [-0.3, -0.25) is 4.79 Å². The van der Waals surface area contributed by atoms with Gasteiger partial charge in [-0.2, -0.15) is 0 Å². The molecule has 0 aromatic carbocycles. The van der Waals surface area contributed by atoms with Crippen molar-refractivity contribution in [3.63, 3.8) is 0 Å². The van der Waals surface area contributed by atoms with Crippen LogP contribution in [0.25, 0.3) is 0 Å². The fourth-order valence-corrected chi connectivity index (χ4v) is 2.41. The van der Waals surface area contributed by atoms with E-state index in [0.29, 0.717) is 6.42 Å². The van der Waals surface area contributed by atoms with E-state index in [4.69, 9.17) is 0 Å². The highest BCUT2D eigenvalue weighted by atomic mass is 16.1. The first-order valence-corrected chi connectivity index (χ1v) is 6.85. The summed E-state index contributed by atoms with van der Waals surface area (Å²) in [6, 6.07) is 0. The Morgan fingerprint density at radius 1 is 0.889 bits per heavy atom. The highest BCUT2D eigenvalue weighted by molar-refractivity contribution is 5.73. The maximum absolute atomic E-state index is 10.9. The highest BCUT2D eigenvalue weighted by Gasteiger charge is 2.12. The first kappa shape index (κ1) is 14.8. The highest BCUT2D eigenvalue weighted by Crippen LogP contribution is 2.21. The molecule has 0 aromatic rings. The number of hydrogen-bond donors (Lipinski definition) is 0. The Balaban J connectivity index is 2.63. The molecule has 0 amide bonds. The van der Waals surface area contributed by atoms with Crippen LogP contribution in [-0.4, -0.2) is 18.9 Å². The lowest BCUT2D eigenvalue weighted by atomic mass is 9.90. The summed E-state index contributed by atoms with van der Waals surface area (Å²) in [4.78, 5) is 32.7. The molecule has 0 fully saturated rings. The third kappa shape index (κ3) is 5.39. The van der Waals surface area contributed by atoms with Gasteiger partial charge in [0.15, 0.2) is 0 Å². The number of allylic oxidation sites excluding steroid dienone is 2. The Bertz CT molecular complexity index is 307. The fraction of sp³-hybridized carbons (Fsp3) is 0.667. The summed E-state index contributed by atoms with van der Waals surface area (Å²) in [5.41, 5.74) is 0.796. The van der Waals surface area contributed by atoms with Crippen LogP contribution in [0.15, 0.2) is 11.6 Å². The Labute approximate surface area is 109 Å². The quantitative estimate of drug-likeness (QED) is 0.724. The van der Waals surface area contributed by atoms with Crippen LogP contribution in [-0.2, 0) is 14.4 Å². The third-order valence-corrected chi connectivity index (χ3v) is 3.66. The largest absolute Gasteiger partial charge is 0.303 e. The number of rotatable bonds is 3. The van der Waals surface area contributed by atoms with Crippen LogP contribution in [0.2, 0.25) is 0 Å². The number of hydrogen-bond acceptors (Lipinski definition) is 3. The zero-order valence-electron chi connectivity index (χ0n) is 10.8. The van der Waals surface area contributed by atoms with Gasteiger partial charge in [0.2, 0.25) is 0 Å². The molecule has 1 aliphatic carbocycles. The van der Waals surface area contributed by atoms with Crippen molar-refractivity contribution < 1.29 is 14.4 Å². The molecule has 100 valence electrons. The van der Waals surface area contributed by atoms with Crippen LogP contribution in [0.4, 0.5) is 0 Å². The van der Waals surface area contributed by atoms with E-state index in [1.807, 2.05) is 6.08 Å². The molecule has 1 rings (SSSR count). The van der Waals surface area contributed by atoms with Crippen molar-refractivity contribution in [1.29, 1.82) is 0 Å². The summed E-state index contributed by atoms with van der Waals surface area (Å²) in [5, 5.41) is 0. The van der Waals surface area contributed by atoms with E-state index in [0.717, 1.165) is 69.4 Å². The Morgan fingerprint density at radius 2 is 1.56 bits per heavy atom. The van der Waals surface area contributed by atoms with E-state index in [1.54, 1.807) is 0 Å². The molecule has 18 heavy (non-hydrogen) atoms. The molecule has 0 heterocycles. The minimum absolute atomic E-state index is 0.00771. The van der Waals surface area contributed by atoms with E-state index in [9.17, 15) is 14.4 Å². The smallest absolute Gasteiger partial charge is 0.145 e. The molecule has 0 aliphatic heterocycles. The Hall–Kier alpha value is -1.25. The molecule has 0 radical (unpaired) electrons. The standard InChI is InChI=1S/C15H22O3/c16-10-13-4-1-2-5-14(11-17)8-9-15(12-18)7-3-6-13/h8,10-13,15H,1-7,9H2/b14-8+. The summed E-state index contributed by atoms with van der Waals surface area (Å²) >= 11 is 0. The summed E-state index contributed by atoms with van der Waals surface area (Å²) in [7, 11) is 0. The number of aldehydes is 3. The van der Waals surface area contributed by atoms with Crippen LogP contribution < -0.4 is 0 Å². The lowest BCUT2D eigenvalue weighted by Crippen LogP contribution is -2.07. The molecule has 1 aliphatic rings. The summed E-state index contributed by atoms with van der Waals surface area (Å²) in [5.74, 6) is 0.118. The second-order valence-electron chi connectivity index (χ2n) is 5.10. The van der Waals surface area contributed by atoms with E-state index in [1.165, 1.54) is 0 Å². The van der Waals surface area contributed by atoms with Gasteiger partial charge in [0.05, 0.1) is 0 Å². The number of carbonyl (C=O) groups excluding carboxylic acids is 3. The van der Waals surface area contributed by atoms with Gasteiger partial charge < -0.3 is 9.59 Å². The minimum atomic E-state index is -0.00771. The lowest BCUT2D eigenvalue weighted by molar-refractivity contribution is -0.111. The Kier molecular flexibility index (Phi) is 7.23. The van der Waals surface area contributed by atoms with Crippen molar-refractivity contribution in [3.05, 3.63) is 11.6 Å². The van der Waals surface area contributed by atoms with Gasteiger partial charge in [0.25, 0.3) is 0 Å². The van der Waals surface area contributed by atoms with Gasteiger partial charge in [0.1, 0.15) is 18.9 Å². The number of carbonyl (C=O) groups is 3. The zero-order valence-corrected chi connectivity index (χ0v) is 10.8. The fourth-order valence-electron chi connectivity index (χ4n) is 2.41. The molecule has 0 saturated heterocycles. The Morgan fingerprint density at radius 3 is 2.22 bits per heavy atom. The molecular weight excluding hydrogens is 228 g/mol. The van der Waals surface area contributed by atoms with Crippen LogP contribution in [0.5, 0.6) is 0 Å². The second kappa shape index (κ2) is 8.78. The van der Waals surface area contributed by atoms with Crippen molar-refractivity contribution in [2.75, 3.05) is 0 Å². The molecule has 2 atom stereocenters. The summed E-state index contributed by atoms with van der Waals surface area (Å²) in [6.45, 7) is 0. The molecule has 0 aromatic heterocycles. The molecule has 3 heteroatoms. The topological polar surface area (TPSA) is 51.2 Å². The second-order valence-corrected chi connectivity index (χ2v) is 5.10. The molecule has 0 spiro atoms. The molecule has 2 unspecified atom stereocenters. The maximum Gasteiger partial charge on any atom is 0.145 e. The van der Waals surface area contributed by atoms with Gasteiger partial charge in [-0.05, 0) is 44.1 Å². The van der Waals surface area contributed by atoms with Gasteiger partial charge >= 0.3 is 0 Å². The minimum Gasteiger partial charge on any atom is -0.303 e. The first-order chi connectivity index (χ1) is 8.80. The van der Waals surface area contributed by atoms with Crippen molar-refractivity contribution in [1.82, 2.24) is 0 Å². The van der Waals surface area contributed by atoms with Crippen molar-refractivity contribution >= 4 is 18.9 Å². The van der Waals surface area contributed by atoms with E-state index >= 15 is 0 Å². The van der Waals surface area contributed by atoms with Crippen molar-refractivity contribution in [2.24, 2.45) is 11.8 Å². The van der Waals surface area contributed by atoms with Gasteiger partial charge in [-0.25, -0.2) is 0 Å². The predicted octanol–water partition coefficient (Wildman–Crippen LogP) is 2.88. The third-order valence-electron chi connectivity index (χ3n) is 3.66. The molecular formula is C15H22O3. The van der Waals surface area contributed by atoms with Crippen molar-refractivity contribution in [2.45, 2.75) is 51.4 Å². The van der Waals surface area contributed by atoms with E-state index < -0.39 is 0 Å². The average molecular weight is 250 g/mol. The normalized spacial score (nSPS) is 30.1. The van der Waals surface area contributed by atoms with Gasteiger partial charge in [0, 0.05) is 11.8 Å². The SMILES string of the molecule is O=C/C1=C/CC(C=O)CCCC(C=O)CCCC1. The zero-order chi connectivity index (χ0) is 13.2. The average Bonchev–Trinajstić information content (AvgIpc) is 2.39. The van der Waals surface area contributed by atoms with Crippen LogP contribution >= 0.6 is 0 Å². The lowest BCUT2D eigenvalue weighted by Gasteiger charge is -2.14.